The van der Waals surface area contributed by atoms with Crippen LogP contribution in [0.3, 0.4) is 0 Å². The average Bonchev–Trinajstić information content (AvgIpc) is 4.40. The fourth-order valence-electron chi connectivity index (χ4n) is 12.5. The Morgan fingerprint density at radius 3 is 1.07 bits per heavy atom. The monoisotopic (exact) mass is 1030 g/mol. The Kier molecular flexibility index (Phi) is 10.8. The molecule has 81 heavy (non-hydrogen) atoms. The van der Waals surface area contributed by atoms with Crippen molar-refractivity contribution in [2.45, 2.75) is 0 Å². The summed E-state index contributed by atoms with van der Waals surface area (Å²) in [7, 11) is 0. The van der Waals surface area contributed by atoms with Crippen LogP contribution in [-0.4, -0.2) is 28.7 Å². The maximum Gasteiger partial charge on any atom is 0.160 e. The lowest BCUT2D eigenvalue weighted by Crippen LogP contribution is -2.04. The van der Waals surface area contributed by atoms with Crippen LogP contribution >= 0.6 is 0 Å². The second kappa shape index (κ2) is 18.9. The Morgan fingerprint density at radius 2 is 0.605 bits per heavy atom. The third-order valence-corrected chi connectivity index (χ3v) is 16.1. The topological polar surface area (TPSA) is 53.5 Å². The van der Waals surface area contributed by atoms with Crippen LogP contribution in [0.25, 0.3) is 150 Å². The van der Waals surface area contributed by atoms with Crippen molar-refractivity contribution in [3.8, 4) is 84.5 Å². The van der Waals surface area contributed by atoms with Crippen molar-refractivity contribution in [3.05, 3.63) is 291 Å². The SMILES string of the molecule is c1ccc(-c2cc(-c3ccc(-c4c(-c5ccccc5)cnc(-n5c6ccc(-n7c8ccccc8c8ccccc87)cc6c6cc(-n7c8ccccc8c8ccccc87)ccc65)c4-c4ccccc4)cc3)nc(-c3ccccc3)n2)cc1. The molecule has 0 aliphatic carbocycles. The van der Waals surface area contributed by atoms with E-state index in [-0.39, 0.29) is 0 Å². The predicted octanol–water partition coefficient (Wildman–Crippen LogP) is 19.2. The number of rotatable bonds is 9. The van der Waals surface area contributed by atoms with Crippen molar-refractivity contribution < 1.29 is 0 Å². The minimum atomic E-state index is 0.683. The smallest absolute Gasteiger partial charge is 0.160 e. The first-order valence-corrected chi connectivity index (χ1v) is 27.5. The van der Waals surface area contributed by atoms with E-state index in [1.54, 1.807) is 0 Å². The molecule has 5 heterocycles. The number of hydrogen-bond donors (Lipinski definition) is 0. The summed E-state index contributed by atoms with van der Waals surface area (Å²) in [4.78, 5) is 16.0. The first-order chi connectivity index (χ1) is 40.2. The molecule has 0 atom stereocenters. The highest BCUT2D eigenvalue weighted by Crippen LogP contribution is 2.46. The van der Waals surface area contributed by atoms with Gasteiger partial charge < -0.3 is 9.13 Å². The minimum absolute atomic E-state index is 0.683. The third-order valence-electron chi connectivity index (χ3n) is 16.1. The maximum atomic E-state index is 5.65. The summed E-state index contributed by atoms with van der Waals surface area (Å²) in [6.45, 7) is 0. The molecule has 0 amide bonds. The molecule has 0 unspecified atom stereocenters. The zero-order valence-corrected chi connectivity index (χ0v) is 43.9. The zero-order valence-electron chi connectivity index (χ0n) is 43.9. The highest BCUT2D eigenvalue weighted by Gasteiger charge is 2.26. The van der Waals surface area contributed by atoms with Gasteiger partial charge in [-0.1, -0.05) is 218 Å². The standard InChI is InChI=1S/C75H48N6/c1-5-21-49(22-6-1)63-48-76-75(73(52-25-9-3-10-26-52)72(63)53-39-37-51(38-40-53)65-47-64(50-23-7-2-8-24-50)77-74(78-65)54-27-11-4-12-28-54)81-70-43-41-55(79-66-33-17-13-29-57(66)58-30-14-18-34-67(58)79)45-61(70)62-46-56(42-44-71(62)81)80-68-35-19-15-31-59(68)60-32-16-20-36-69(60)80/h1-48H. The van der Waals surface area contributed by atoms with Crippen molar-refractivity contribution in [3.63, 3.8) is 0 Å². The van der Waals surface area contributed by atoms with E-state index >= 15 is 0 Å². The molecule has 6 nitrogen and oxygen atoms in total. The van der Waals surface area contributed by atoms with Crippen LogP contribution in [-0.2, 0) is 0 Å². The summed E-state index contributed by atoms with van der Waals surface area (Å²) in [5.74, 6) is 1.52. The normalized spacial score (nSPS) is 11.7. The van der Waals surface area contributed by atoms with E-state index in [2.05, 4.69) is 281 Å². The third kappa shape index (κ3) is 7.60. The Morgan fingerprint density at radius 1 is 0.247 bits per heavy atom. The van der Waals surface area contributed by atoms with E-state index in [0.717, 1.165) is 100 Å². The lowest BCUT2D eigenvalue weighted by Gasteiger charge is -2.21. The van der Waals surface area contributed by atoms with Gasteiger partial charge in [0, 0.05) is 83.3 Å². The molecule has 0 bridgehead atoms. The number of aromatic nitrogens is 6. The summed E-state index contributed by atoms with van der Waals surface area (Å²) >= 11 is 0. The van der Waals surface area contributed by atoms with Gasteiger partial charge in [-0.15, -0.1) is 0 Å². The van der Waals surface area contributed by atoms with Gasteiger partial charge in [0.1, 0.15) is 5.82 Å². The van der Waals surface area contributed by atoms with Crippen LogP contribution in [0.4, 0.5) is 0 Å². The summed E-state index contributed by atoms with van der Waals surface area (Å²) in [5.41, 5.74) is 20.0. The van der Waals surface area contributed by atoms with E-state index in [1.807, 2.05) is 24.3 Å². The summed E-state index contributed by atoms with van der Waals surface area (Å²) in [6.07, 6.45) is 2.08. The fraction of sp³-hybridized carbons (Fsp3) is 0. The number of benzene rings is 11. The van der Waals surface area contributed by atoms with Gasteiger partial charge in [0.05, 0.1) is 44.5 Å². The number of para-hydroxylation sites is 4. The maximum absolute atomic E-state index is 5.65. The molecule has 5 aromatic heterocycles. The number of nitrogens with zero attached hydrogens (tertiary/aromatic N) is 6. The molecular weight excluding hydrogens is 985 g/mol. The van der Waals surface area contributed by atoms with Crippen LogP contribution in [0.2, 0.25) is 0 Å². The molecule has 0 saturated carbocycles. The molecule has 0 spiro atoms. The van der Waals surface area contributed by atoms with E-state index in [4.69, 9.17) is 15.0 Å². The number of pyridine rings is 1. The highest BCUT2D eigenvalue weighted by atomic mass is 15.1. The fourth-order valence-corrected chi connectivity index (χ4v) is 12.5. The van der Waals surface area contributed by atoms with Crippen LogP contribution in [0.15, 0.2) is 291 Å². The van der Waals surface area contributed by atoms with Crippen LogP contribution in [0, 0.1) is 0 Å². The molecule has 6 heteroatoms. The van der Waals surface area contributed by atoms with E-state index < -0.39 is 0 Å². The zero-order chi connectivity index (χ0) is 53.4. The van der Waals surface area contributed by atoms with Gasteiger partial charge in [-0.05, 0) is 83.4 Å². The predicted molar refractivity (Wildman–Crippen MR) is 335 cm³/mol. The van der Waals surface area contributed by atoms with Gasteiger partial charge in [0.15, 0.2) is 5.82 Å². The molecular formula is C75H48N6. The van der Waals surface area contributed by atoms with Gasteiger partial charge in [0.25, 0.3) is 0 Å². The second-order valence-corrected chi connectivity index (χ2v) is 20.7. The molecule has 0 aliphatic rings. The van der Waals surface area contributed by atoms with E-state index in [1.165, 1.54) is 43.6 Å². The summed E-state index contributed by atoms with van der Waals surface area (Å²) in [6, 6.07) is 102. The minimum Gasteiger partial charge on any atom is -0.309 e. The van der Waals surface area contributed by atoms with Crippen molar-refractivity contribution in [2.24, 2.45) is 0 Å². The highest BCUT2D eigenvalue weighted by molar-refractivity contribution is 6.15. The largest absolute Gasteiger partial charge is 0.309 e. The Hall–Kier alpha value is -11.0. The molecule has 16 rings (SSSR count). The van der Waals surface area contributed by atoms with Crippen molar-refractivity contribution >= 4 is 65.4 Å². The number of hydrogen-bond acceptors (Lipinski definition) is 3. The molecule has 0 aliphatic heterocycles. The molecule has 0 N–H and O–H groups in total. The molecule has 11 aromatic carbocycles. The first-order valence-electron chi connectivity index (χ1n) is 27.5. The molecule has 0 saturated heterocycles. The molecule has 0 fully saturated rings. The number of fused-ring (bicyclic) bond motifs is 9. The lowest BCUT2D eigenvalue weighted by molar-refractivity contribution is 1.08. The quantitative estimate of drug-likeness (QED) is 0.145. The van der Waals surface area contributed by atoms with Crippen LogP contribution in [0.5, 0.6) is 0 Å². The van der Waals surface area contributed by atoms with Gasteiger partial charge in [-0.2, -0.15) is 0 Å². The summed E-state index contributed by atoms with van der Waals surface area (Å²) < 4.78 is 7.24. The molecule has 378 valence electrons. The Labute approximate surface area is 467 Å². The van der Waals surface area contributed by atoms with Crippen molar-refractivity contribution in [2.75, 3.05) is 0 Å². The Balaban J connectivity index is 0.956. The van der Waals surface area contributed by atoms with E-state index in [0.29, 0.717) is 5.82 Å². The Bertz CT molecular complexity index is 4740. The molecule has 0 radical (unpaired) electrons. The average molecular weight is 1030 g/mol. The molecule has 16 aromatic rings. The van der Waals surface area contributed by atoms with Gasteiger partial charge in [-0.25, -0.2) is 15.0 Å². The van der Waals surface area contributed by atoms with Crippen LogP contribution < -0.4 is 0 Å². The van der Waals surface area contributed by atoms with Gasteiger partial charge >= 0.3 is 0 Å². The van der Waals surface area contributed by atoms with Gasteiger partial charge in [0.2, 0.25) is 0 Å². The summed E-state index contributed by atoms with van der Waals surface area (Å²) in [5, 5.41) is 7.16. The van der Waals surface area contributed by atoms with Gasteiger partial charge in [-0.3, -0.25) is 4.57 Å². The second-order valence-electron chi connectivity index (χ2n) is 20.7. The van der Waals surface area contributed by atoms with E-state index in [9.17, 15) is 0 Å². The lowest BCUT2D eigenvalue weighted by atomic mass is 9.88. The van der Waals surface area contributed by atoms with Crippen molar-refractivity contribution in [1.29, 1.82) is 0 Å². The van der Waals surface area contributed by atoms with Crippen LogP contribution in [0.1, 0.15) is 0 Å². The van der Waals surface area contributed by atoms with Crippen molar-refractivity contribution in [1.82, 2.24) is 28.7 Å². The first kappa shape index (κ1) is 46.2.